The summed E-state index contributed by atoms with van der Waals surface area (Å²) in [6, 6.07) is 7.53. The molecule has 2 aromatic heterocycles. The third-order valence-corrected chi connectivity index (χ3v) is 4.40. The number of nitrogens with zero attached hydrogens (tertiary/aromatic N) is 3. The van der Waals surface area contributed by atoms with Crippen LogP contribution in [-0.2, 0) is 6.54 Å². The van der Waals surface area contributed by atoms with E-state index in [1.807, 2.05) is 39.0 Å². The minimum atomic E-state index is -0.409. The van der Waals surface area contributed by atoms with Gasteiger partial charge in [-0.25, -0.2) is 0 Å². The van der Waals surface area contributed by atoms with Crippen LogP contribution in [0.5, 0.6) is 0 Å². The Morgan fingerprint density at radius 1 is 1.04 bits per heavy atom. The Hall–Kier alpha value is -3.28. The molecule has 0 aliphatic rings. The van der Waals surface area contributed by atoms with Gasteiger partial charge in [0.05, 0.1) is 24.1 Å². The highest BCUT2D eigenvalue weighted by Gasteiger charge is 2.17. The topological polar surface area (TPSA) is 76.9 Å². The quantitative estimate of drug-likeness (QED) is 0.773. The number of anilines is 1. The molecule has 1 amide bonds. The van der Waals surface area contributed by atoms with Crippen molar-refractivity contribution in [3.8, 4) is 0 Å². The summed E-state index contributed by atoms with van der Waals surface area (Å²) < 4.78 is 1.48. The number of aryl methyl sites for hydroxylation is 4. The average molecular weight is 362 g/mol. The lowest BCUT2D eigenvalue weighted by Crippen LogP contribution is -2.30. The standard InChI is InChI=1S/C21H22N4O2/c1-13-5-6-18(15(3)9-13)24-20(26)19-14(2)7-8-25(21(19)27)12-17-11-22-16(4)10-23-17/h5-11H,12H2,1-4H3,(H,24,26). The van der Waals surface area contributed by atoms with Gasteiger partial charge >= 0.3 is 0 Å². The summed E-state index contributed by atoms with van der Waals surface area (Å²) >= 11 is 0. The Morgan fingerprint density at radius 2 is 1.81 bits per heavy atom. The summed E-state index contributed by atoms with van der Waals surface area (Å²) in [5.74, 6) is -0.409. The number of carbonyl (C=O) groups is 1. The molecule has 138 valence electrons. The van der Waals surface area contributed by atoms with Crippen molar-refractivity contribution in [2.75, 3.05) is 5.32 Å². The number of hydrogen-bond donors (Lipinski definition) is 1. The molecule has 0 atom stereocenters. The predicted molar refractivity (Wildman–Crippen MR) is 105 cm³/mol. The van der Waals surface area contributed by atoms with E-state index in [9.17, 15) is 9.59 Å². The van der Waals surface area contributed by atoms with Crippen molar-refractivity contribution in [1.82, 2.24) is 14.5 Å². The number of nitrogens with one attached hydrogen (secondary N) is 1. The highest BCUT2D eigenvalue weighted by Crippen LogP contribution is 2.17. The van der Waals surface area contributed by atoms with Gasteiger partial charge in [-0.2, -0.15) is 0 Å². The predicted octanol–water partition coefficient (Wildman–Crippen LogP) is 3.17. The van der Waals surface area contributed by atoms with Gasteiger partial charge in [-0.15, -0.1) is 0 Å². The zero-order valence-electron chi connectivity index (χ0n) is 15.9. The van der Waals surface area contributed by atoms with Crippen molar-refractivity contribution in [1.29, 1.82) is 0 Å². The van der Waals surface area contributed by atoms with Crippen molar-refractivity contribution >= 4 is 11.6 Å². The van der Waals surface area contributed by atoms with E-state index in [0.717, 1.165) is 16.8 Å². The lowest BCUT2D eigenvalue weighted by atomic mass is 10.1. The molecule has 6 heteroatoms. The second-order valence-electron chi connectivity index (χ2n) is 6.73. The SMILES string of the molecule is Cc1ccc(NC(=O)c2c(C)ccn(Cc3cnc(C)cn3)c2=O)c(C)c1. The zero-order chi connectivity index (χ0) is 19.6. The molecule has 3 rings (SSSR count). The van der Waals surface area contributed by atoms with E-state index >= 15 is 0 Å². The van der Waals surface area contributed by atoms with Crippen molar-refractivity contribution in [3.63, 3.8) is 0 Å². The Balaban J connectivity index is 1.91. The maximum Gasteiger partial charge on any atom is 0.264 e. The van der Waals surface area contributed by atoms with Gasteiger partial charge in [0.2, 0.25) is 0 Å². The van der Waals surface area contributed by atoms with E-state index in [1.165, 1.54) is 4.57 Å². The molecular weight excluding hydrogens is 340 g/mol. The first-order chi connectivity index (χ1) is 12.8. The van der Waals surface area contributed by atoms with Crippen LogP contribution < -0.4 is 10.9 Å². The van der Waals surface area contributed by atoms with Crippen molar-refractivity contribution in [2.45, 2.75) is 34.2 Å². The number of pyridine rings is 1. The van der Waals surface area contributed by atoms with Gasteiger partial charge in [-0.3, -0.25) is 19.6 Å². The first-order valence-electron chi connectivity index (χ1n) is 8.71. The summed E-state index contributed by atoms with van der Waals surface area (Å²) in [5.41, 5.74) is 4.65. The van der Waals surface area contributed by atoms with Crippen LogP contribution in [0.1, 0.15) is 38.4 Å². The lowest BCUT2D eigenvalue weighted by Gasteiger charge is -2.12. The van der Waals surface area contributed by atoms with Gasteiger partial charge < -0.3 is 9.88 Å². The summed E-state index contributed by atoms with van der Waals surface area (Å²) in [6.45, 7) is 7.79. The largest absolute Gasteiger partial charge is 0.322 e. The third-order valence-electron chi connectivity index (χ3n) is 4.40. The van der Waals surface area contributed by atoms with Crippen LogP contribution in [-0.4, -0.2) is 20.4 Å². The smallest absolute Gasteiger partial charge is 0.264 e. The van der Waals surface area contributed by atoms with E-state index < -0.39 is 5.91 Å². The van der Waals surface area contributed by atoms with Crippen LogP contribution >= 0.6 is 0 Å². The summed E-state index contributed by atoms with van der Waals surface area (Å²) in [4.78, 5) is 34.1. The zero-order valence-corrected chi connectivity index (χ0v) is 15.9. The number of amides is 1. The fourth-order valence-corrected chi connectivity index (χ4v) is 2.88. The van der Waals surface area contributed by atoms with Crippen LogP contribution in [0, 0.1) is 27.7 Å². The van der Waals surface area contributed by atoms with Gasteiger partial charge in [0.1, 0.15) is 5.56 Å². The molecule has 6 nitrogen and oxygen atoms in total. The molecule has 0 radical (unpaired) electrons. The van der Waals surface area contributed by atoms with Gasteiger partial charge in [-0.05, 0) is 51.0 Å². The molecule has 0 aliphatic heterocycles. The first kappa shape index (κ1) is 18.5. The van der Waals surface area contributed by atoms with Crippen LogP contribution in [0.15, 0.2) is 47.7 Å². The Morgan fingerprint density at radius 3 is 2.48 bits per heavy atom. The summed E-state index contributed by atoms with van der Waals surface area (Å²) in [7, 11) is 0. The third kappa shape index (κ3) is 4.11. The molecule has 0 bridgehead atoms. The van der Waals surface area contributed by atoms with E-state index in [4.69, 9.17) is 0 Å². The number of carbonyl (C=O) groups excluding carboxylic acids is 1. The molecule has 0 saturated carbocycles. The summed E-state index contributed by atoms with van der Waals surface area (Å²) in [6.07, 6.45) is 4.96. The lowest BCUT2D eigenvalue weighted by molar-refractivity contribution is 0.102. The highest BCUT2D eigenvalue weighted by atomic mass is 16.2. The van der Waals surface area contributed by atoms with E-state index in [2.05, 4.69) is 15.3 Å². The van der Waals surface area contributed by atoms with E-state index in [0.29, 0.717) is 16.9 Å². The van der Waals surface area contributed by atoms with Crippen LogP contribution in [0.2, 0.25) is 0 Å². The molecule has 2 heterocycles. The summed E-state index contributed by atoms with van der Waals surface area (Å²) in [5, 5.41) is 2.85. The fourth-order valence-electron chi connectivity index (χ4n) is 2.88. The number of aromatic nitrogens is 3. The molecule has 0 unspecified atom stereocenters. The molecule has 1 aromatic carbocycles. The van der Waals surface area contributed by atoms with Gasteiger partial charge in [-0.1, -0.05) is 17.7 Å². The molecule has 0 spiro atoms. The normalized spacial score (nSPS) is 10.7. The minimum absolute atomic E-state index is 0.137. The Bertz CT molecular complexity index is 1050. The van der Waals surface area contributed by atoms with E-state index in [1.54, 1.807) is 31.6 Å². The van der Waals surface area contributed by atoms with Gasteiger partial charge in [0.15, 0.2) is 0 Å². The van der Waals surface area contributed by atoms with E-state index in [-0.39, 0.29) is 17.7 Å². The van der Waals surface area contributed by atoms with Crippen LogP contribution in [0.4, 0.5) is 5.69 Å². The molecule has 27 heavy (non-hydrogen) atoms. The number of rotatable bonds is 4. The van der Waals surface area contributed by atoms with Crippen LogP contribution in [0.3, 0.4) is 0 Å². The molecule has 0 saturated heterocycles. The Kier molecular flexibility index (Phi) is 5.16. The number of hydrogen-bond acceptors (Lipinski definition) is 4. The Labute approximate surface area is 157 Å². The maximum absolute atomic E-state index is 12.9. The molecule has 0 fully saturated rings. The molecule has 0 aliphatic carbocycles. The van der Waals surface area contributed by atoms with Crippen molar-refractivity contribution in [3.05, 3.63) is 86.9 Å². The van der Waals surface area contributed by atoms with Gasteiger partial charge in [0.25, 0.3) is 11.5 Å². The molecule has 3 aromatic rings. The van der Waals surface area contributed by atoms with Gasteiger partial charge in [0, 0.05) is 18.1 Å². The fraction of sp³-hybridized carbons (Fsp3) is 0.238. The highest BCUT2D eigenvalue weighted by molar-refractivity contribution is 6.05. The molecule has 1 N–H and O–H groups in total. The van der Waals surface area contributed by atoms with Crippen molar-refractivity contribution in [2.24, 2.45) is 0 Å². The monoisotopic (exact) mass is 362 g/mol. The molecular formula is C21H22N4O2. The van der Waals surface area contributed by atoms with Crippen LogP contribution in [0.25, 0.3) is 0 Å². The van der Waals surface area contributed by atoms with Crippen molar-refractivity contribution < 1.29 is 4.79 Å². The first-order valence-corrected chi connectivity index (χ1v) is 8.71. The second-order valence-corrected chi connectivity index (χ2v) is 6.73. The average Bonchev–Trinajstić information content (AvgIpc) is 2.62. The second kappa shape index (κ2) is 7.53. The maximum atomic E-state index is 12.9. The minimum Gasteiger partial charge on any atom is -0.322 e. The number of benzene rings is 1.